The highest BCUT2D eigenvalue weighted by atomic mass is 16.2. The molecule has 0 aromatic rings. The molecule has 0 radical (unpaired) electrons. The molecule has 2 aliphatic rings. The molecule has 0 atom stereocenters. The Morgan fingerprint density at radius 1 is 1.05 bits per heavy atom. The SMILES string of the molecule is CC(C)C1CCC(CN2CCN(C(C)C)CC2=O)CC1. The van der Waals surface area contributed by atoms with Crippen LogP contribution in [0, 0.1) is 17.8 Å². The summed E-state index contributed by atoms with van der Waals surface area (Å²) in [6.45, 7) is 12.7. The lowest BCUT2D eigenvalue weighted by Gasteiger charge is -2.39. The van der Waals surface area contributed by atoms with Gasteiger partial charge in [-0.3, -0.25) is 9.69 Å². The summed E-state index contributed by atoms with van der Waals surface area (Å²) in [5.74, 6) is 2.84. The number of nitrogens with zero attached hydrogens (tertiary/aromatic N) is 2. The van der Waals surface area contributed by atoms with Gasteiger partial charge in [-0.2, -0.15) is 0 Å². The van der Waals surface area contributed by atoms with E-state index in [1.54, 1.807) is 0 Å². The van der Waals surface area contributed by atoms with Crippen molar-refractivity contribution >= 4 is 5.91 Å². The second kappa shape index (κ2) is 6.93. The van der Waals surface area contributed by atoms with Crippen molar-refractivity contribution in [3.63, 3.8) is 0 Å². The highest BCUT2D eigenvalue weighted by molar-refractivity contribution is 5.79. The van der Waals surface area contributed by atoms with Gasteiger partial charge in [-0.1, -0.05) is 13.8 Å². The molecule has 1 heterocycles. The van der Waals surface area contributed by atoms with Crippen LogP contribution >= 0.6 is 0 Å². The van der Waals surface area contributed by atoms with Crippen LogP contribution in [0.25, 0.3) is 0 Å². The fourth-order valence-corrected chi connectivity index (χ4v) is 3.71. The third-order valence-electron chi connectivity index (χ3n) is 5.39. The third kappa shape index (κ3) is 3.97. The maximum atomic E-state index is 12.2. The minimum Gasteiger partial charge on any atom is -0.340 e. The van der Waals surface area contributed by atoms with E-state index in [1.165, 1.54) is 25.7 Å². The third-order valence-corrected chi connectivity index (χ3v) is 5.39. The molecule has 1 saturated heterocycles. The molecule has 0 spiro atoms. The lowest BCUT2D eigenvalue weighted by Crippen LogP contribution is -2.53. The Hall–Kier alpha value is -0.570. The van der Waals surface area contributed by atoms with Gasteiger partial charge in [0.1, 0.15) is 0 Å². The van der Waals surface area contributed by atoms with E-state index in [-0.39, 0.29) is 0 Å². The number of amides is 1. The minimum atomic E-state index is 0.343. The zero-order valence-corrected chi connectivity index (χ0v) is 13.8. The fourth-order valence-electron chi connectivity index (χ4n) is 3.71. The fraction of sp³-hybridized carbons (Fsp3) is 0.941. The van der Waals surface area contributed by atoms with Gasteiger partial charge in [0.25, 0.3) is 0 Å². The van der Waals surface area contributed by atoms with Crippen molar-refractivity contribution in [2.75, 3.05) is 26.2 Å². The van der Waals surface area contributed by atoms with Crippen LogP contribution in [0.15, 0.2) is 0 Å². The Morgan fingerprint density at radius 3 is 2.20 bits per heavy atom. The molecule has 1 aliphatic heterocycles. The van der Waals surface area contributed by atoms with Crippen LogP contribution in [0.5, 0.6) is 0 Å². The Bertz CT molecular complexity index is 319. The van der Waals surface area contributed by atoms with Crippen molar-refractivity contribution < 1.29 is 4.79 Å². The number of carbonyl (C=O) groups is 1. The van der Waals surface area contributed by atoms with Gasteiger partial charge >= 0.3 is 0 Å². The smallest absolute Gasteiger partial charge is 0.236 e. The van der Waals surface area contributed by atoms with Gasteiger partial charge in [0, 0.05) is 25.7 Å². The molecule has 0 aromatic heterocycles. The molecular weight excluding hydrogens is 248 g/mol. The quantitative estimate of drug-likeness (QED) is 0.790. The molecule has 0 N–H and O–H groups in total. The van der Waals surface area contributed by atoms with Crippen molar-refractivity contribution in [1.29, 1.82) is 0 Å². The summed E-state index contributed by atoms with van der Waals surface area (Å²) in [6.07, 6.45) is 5.37. The molecule has 2 rings (SSSR count). The van der Waals surface area contributed by atoms with Gasteiger partial charge in [0.15, 0.2) is 0 Å². The van der Waals surface area contributed by atoms with Crippen LogP contribution < -0.4 is 0 Å². The highest BCUT2D eigenvalue weighted by Gasteiger charge is 2.29. The van der Waals surface area contributed by atoms with Crippen LogP contribution in [0.4, 0.5) is 0 Å². The van der Waals surface area contributed by atoms with Gasteiger partial charge in [-0.15, -0.1) is 0 Å². The number of hydrogen-bond donors (Lipinski definition) is 0. The van der Waals surface area contributed by atoms with Crippen LogP contribution in [-0.4, -0.2) is 47.9 Å². The average Bonchev–Trinajstić information content (AvgIpc) is 2.41. The second-order valence-electron chi connectivity index (χ2n) is 7.43. The summed E-state index contributed by atoms with van der Waals surface area (Å²) in [6, 6.07) is 0.489. The van der Waals surface area contributed by atoms with E-state index in [0.29, 0.717) is 18.5 Å². The van der Waals surface area contributed by atoms with Crippen molar-refractivity contribution in [1.82, 2.24) is 9.80 Å². The van der Waals surface area contributed by atoms with Crippen LogP contribution in [0.3, 0.4) is 0 Å². The molecule has 3 heteroatoms. The van der Waals surface area contributed by atoms with E-state index in [1.807, 2.05) is 0 Å². The standard InChI is InChI=1S/C17H32N2O/c1-13(2)16-7-5-15(6-8-16)11-19-10-9-18(14(3)4)12-17(19)20/h13-16H,5-12H2,1-4H3. The van der Waals surface area contributed by atoms with Gasteiger partial charge in [-0.05, 0) is 57.3 Å². The van der Waals surface area contributed by atoms with Gasteiger partial charge in [0.2, 0.25) is 5.91 Å². The van der Waals surface area contributed by atoms with Crippen LogP contribution in [0.2, 0.25) is 0 Å². The summed E-state index contributed by atoms with van der Waals surface area (Å²) in [7, 11) is 0. The summed E-state index contributed by atoms with van der Waals surface area (Å²) in [5.41, 5.74) is 0. The Kier molecular flexibility index (Phi) is 5.48. The first-order chi connectivity index (χ1) is 9.47. The molecule has 0 aromatic carbocycles. The molecule has 2 fully saturated rings. The molecule has 1 saturated carbocycles. The predicted molar refractivity (Wildman–Crippen MR) is 83.6 cm³/mol. The van der Waals surface area contributed by atoms with Crippen LogP contribution in [0.1, 0.15) is 53.4 Å². The van der Waals surface area contributed by atoms with Crippen molar-refractivity contribution in [3.05, 3.63) is 0 Å². The molecule has 1 aliphatic carbocycles. The molecule has 0 bridgehead atoms. The zero-order chi connectivity index (χ0) is 14.7. The molecule has 3 nitrogen and oxygen atoms in total. The Morgan fingerprint density at radius 2 is 1.70 bits per heavy atom. The first-order valence-corrected chi connectivity index (χ1v) is 8.49. The van der Waals surface area contributed by atoms with E-state index in [0.717, 1.165) is 37.4 Å². The van der Waals surface area contributed by atoms with Crippen LogP contribution in [-0.2, 0) is 4.79 Å². The number of carbonyl (C=O) groups excluding carboxylic acids is 1. The number of rotatable bonds is 4. The minimum absolute atomic E-state index is 0.343. The number of piperazine rings is 1. The molecule has 20 heavy (non-hydrogen) atoms. The zero-order valence-electron chi connectivity index (χ0n) is 13.8. The van der Waals surface area contributed by atoms with E-state index in [9.17, 15) is 4.79 Å². The lowest BCUT2D eigenvalue weighted by molar-refractivity contribution is -0.137. The molecule has 0 unspecified atom stereocenters. The second-order valence-corrected chi connectivity index (χ2v) is 7.43. The largest absolute Gasteiger partial charge is 0.340 e. The van der Waals surface area contributed by atoms with E-state index in [4.69, 9.17) is 0 Å². The predicted octanol–water partition coefficient (Wildman–Crippen LogP) is 3.00. The van der Waals surface area contributed by atoms with Crippen molar-refractivity contribution in [2.24, 2.45) is 17.8 Å². The first kappa shape index (κ1) is 15.8. The first-order valence-electron chi connectivity index (χ1n) is 8.49. The molecule has 1 amide bonds. The van der Waals surface area contributed by atoms with Crippen molar-refractivity contribution in [3.8, 4) is 0 Å². The van der Waals surface area contributed by atoms with Crippen molar-refractivity contribution in [2.45, 2.75) is 59.4 Å². The maximum Gasteiger partial charge on any atom is 0.236 e. The Balaban J connectivity index is 1.76. The summed E-state index contributed by atoms with van der Waals surface area (Å²) < 4.78 is 0. The molecular formula is C17H32N2O. The normalized spacial score (nSPS) is 29.5. The average molecular weight is 280 g/mol. The van der Waals surface area contributed by atoms with E-state index in [2.05, 4.69) is 37.5 Å². The Labute approximate surface area is 124 Å². The summed E-state index contributed by atoms with van der Waals surface area (Å²) >= 11 is 0. The topological polar surface area (TPSA) is 23.6 Å². The van der Waals surface area contributed by atoms with Gasteiger partial charge in [-0.25, -0.2) is 0 Å². The molecule has 116 valence electrons. The van der Waals surface area contributed by atoms with Gasteiger partial charge in [0.05, 0.1) is 6.54 Å². The number of hydrogen-bond acceptors (Lipinski definition) is 2. The lowest BCUT2D eigenvalue weighted by atomic mass is 9.77. The van der Waals surface area contributed by atoms with Gasteiger partial charge < -0.3 is 4.90 Å². The maximum absolute atomic E-state index is 12.2. The van der Waals surface area contributed by atoms with E-state index < -0.39 is 0 Å². The highest BCUT2D eigenvalue weighted by Crippen LogP contribution is 2.33. The monoisotopic (exact) mass is 280 g/mol. The summed E-state index contributed by atoms with van der Waals surface area (Å²) in [4.78, 5) is 16.7. The summed E-state index contributed by atoms with van der Waals surface area (Å²) in [5, 5.41) is 0. The van der Waals surface area contributed by atoms with E-state index >= 15 is 0 Å².